The minimum Gasteiger partial charge on any atom is -0.491 e. The lowest BCUT2D eigenvalue weighted by molar-refractivity contribution is -0.155. The molecule has 2 aromatic rings. The van der Waals surface area contributed by atoms with E-state index < -0.39 is 5.60 Å². The third kappa shape index (κ3) is 7.53. The minimum absolute atomic E-state index is 0.0576. The standard InChI is InChI=1S/C26H34O6/c1-3-29-25(27)20-32-26(2)14-12-21-8-4-6-10-23(21)30-18-16-28-17-19-31-24-11-7-5-9-22(24)13-15-26/h4-11H,3,12-20H2,1-2H3. The molecular weight excluding hydrogens is 408 g/mol. The van der Waals surface area contributed by atoms with Gasteiger partial charge in [0.25, 0.3) is 0 Å². The van der Waals surface area contributed by atoms with Gasteiger partial charge >= 0.3 is 5.97 Å². The topological polar surface area (TPSA) is 63.2 Å². The molecule has 0 unspecified atom stereocenters. The number of ether oxygens (including phenoxy) is 5. The zero-order chi connectivity index (χ0) is 22.7. The average Bonchev–Trinajstić information content (AvgIpc) is 2.80. The second-order valence-electron chi connectivity index (χ2n) is 8.07. The lowest BCUT2D eigenvalue weighted by atomic mass is 9.89. The number of benzene rings is 2. The number of rotatable bonds is 4. The van der Waals surface area contributed by atoms with E-state index >= 15 is 0 Å². The maximum atomic E-state index is 12.0. The molecule has 1 aliphatic rings. The summed E-state index contributed by atoms with van der Waals surface area (Å²) in [5.41, 5.74) is 1.73. The first-order valence-corrected chi connectivity index (χ1v) is 11.4. The van der Waals surface area contributed by atoms with Gasteiger partial charge in [0.15, 0.2) is 0 Å². The molecule has 0 aromatic heterocycles. The quantitative estimate of drug-likeness (QED) is 0.655. The summed E-state index contributed by atoms with van der Waals surface area (Å²) in [4.78, 5) is 12.0. The molecule has 0 saturated carbocycles. The van der Waals surface area contributed by atoms with E-state index in [-0.39, 0.29) is 12.6 Å². The van der Waals surface area contributed by atoms with Crippen molar-refractivity contribution in [1.82, 2.24) is 0 Å². The van der Waals surface area contributed by atoms with E-state index in [1.54, 1.807) is 6.92 Å². The van der Waals surface area contributed by atoms with Crippen molar-refractivity contribution < 1.29 is 28.5 Å². The Kier molecular flexibility index (Phi) is 9.38. The van der Waals surface area contributed by atoms with Gasteiger partial charge in [-0.25, -0.2) is 4.79 Å². The van der Waals surface area contributed by atoms with Crippen molar-refractivity contribution in [3.05, 3.63) is 59.7 Å². The molecule has 6 nitrogen and oxygen atoms in total. The van der Waals surface area contributed by atoms with Gasteiger partial charge in [-0.15, -0.1) is 0 Å². The lowest BCUT2D eigenvalue weighted by Gasteiger charge is -2.30. The van der Waals surface area contributed by atoms with E-state index in [0.29, 0.717) is 33.0 Å². The Labute approximate surface area is 190 Å². The van der Waals surface area contributed by atoms with Gasteiger partial charge in [-0.2, -0.15) is 0 Å². The van der Waals surface area contributed by atoms with E-state index in [1.165, 1.54) is 0 Å². The number of hydrogen-bond donors (Lipinski definition) is 0. The third-order valence-electron chi connectivity index (χ3n) is 5.61. The van der Waals surface area contributed by atoms with Crippen molar-refractivity contribution >= 4 is 5.97 Å². The predicted molar refractivity (Wildman–Crippen MR) is 122 cm³/mol. The Morgan fingerprint density at radius 1 is 0.875 bits per heavy atom. The highest BCUT2D eigenvalue weighted by molar-refractivity contribution is 5.70. The highest BCUT2D eigenvalue weighted by Gasteiger charge is 2.27. The van der Waals surface area contributed by atoms with E-state index in [4.69, 9.17) is 23.7 Å². The molecule has 0 fully saturated rings. The Balaban J connectivity index is 1.79. The van der Waals surface area contributed by atoms with Crippen molar-refractivity contribution in [3.8, 4) is 11.5 Å². The van der Waals surface area contributed by atoms with Crippen LogP contribution in [-0.2, 0) is 31.8 Å². The van der Waals surface area contributed by atoms with Gasteiger partial charge in [0.1, 0.15) is 31.3 Å². The van der Waals surface area contributed by atoms with Crippen LogP contribution in [0.25, 0.3) is 0 Å². The van der Waals surface area contributed by atoms with E-state index in [1.807, 2.05) is 36.4 Å². The first-order valence-electron chi connectivity index (χ1n) is 11.4. The molecule has 0 radical (unpaired) electrons. The smallest absolute Gasteiger partial charge is 0.332 e. The summed E-state index contributed by atoms with van der Waals surface area (Å²) in [7, 11) is 0. The summed E-state index contributed by atoms with van der Waals surface area (Å²) in [6, 6.07) is 16.1. The van der Waals surface area contributed by atoms with Crippen LogP contribution in [0, 0.1) is 0 Å². The zero-order valence-electron chi connectivity index (χ0n) is 19.1. The Hall–Kier alpha value is -2.57. The van der Waals surface area contributed by atoms with Crippen LogP contribution in [0.5, 0.6) is 11.5 Å². The van der Waals surface area contributed by atoms with Gasteiger partial charge in [-0.3, -0.25) is 0 Å². The summed E-state index contributed by atoms with van der Waals surface area (Å²) < 4.78 is 28.8. The number of carbonyl (C=O) groups is 1. The molecule has 1 aliphatic heterocycles. The van der Waals surface area contributed by atoms with Gasteiger partial charge in [-0.1, -0.05) is 36.4 Å². The van der Waals surface area contributed by atoms with Gasteiger partial charge < -0.3 is 23.7 Å². The molecule has 0 atom stereocenters. The summed E-state index contributed by atoms with van der Waals surface area (Å²) in [6.07, 6.45) is 3.03. The van der Waals surface area contributed by atoms with Crippen LogP contribution in [0.3, 0.4) is 0 Å². The van der Waals surface area contributed by atoms with Crippen LogP contribution >= 0.6 is 0 Å². The fraction of sp³-hybridized carbons (Fsp3) is 0.500. The molecular formula is C26H34O6. The maximum absolute atomic E-state index is 12.0. The molecule has 2 aromatic carbocycles. The van der Waals surface area contributed by atoms with Gasteiger partial charge in [-0.05, 0) is 62.8 Å². The number of hydrogen-bond acceptors (Lipinski definition) is 6. The van der Waals surface area contributed by atoms with Crippen molar-refractivity contribution in [2.75, 3.05) is 39.6 Å². The molecule has 1 heterocycles. The highest BCUT2D eigenvalue weighted by Crippen LogP contribution is 2.30. The monoisotopic (exact) mass is 442 g/mol. The Morgan fingerprint density at radius 3 is 1.94 bits per heavy atom. The molecule has 0 N–H and O–H groups in total. The second kappa shape index (κ2) is 12.5. The molecule has 0 saturated heterocycles. The fourth-order valence-corrected chi connectivity index (χ4v) is 3.73. The summed E-state index contributed by atoms with van der Waals surface area (Å²) in [5, 5.41) is 0. The van der Waals surface area contributed by atoms with E-state index in [2.05, 4.69) is 19.1 Å². The minimum atomic E-state index is -0.507. The van der Waals surface area contributed by atoms with Crippen LogP contribution in [0.15, 0.2) is 48.5 Å². The lowest BCUT2D eigenvalue weighted by Crippen LogP contribution is -2.33. The Bertz CT molecular complexity index is 794. The van der Waals surface area contributed by atoms with Crippen molar-refractivity contribution in [2.45, 2.75) is 45.1 Å². The molecule has 0 amide bonds. The van der Waals surface area contributed by atoms with E-state index in [9.17, 15) is 4.79 Å². The van der Waals surface area contributed by atoms with Crippen LogP contribution in [0.4, 0.5) is 0 Å². The van der Waals surface area contributed by atoms with Crippen molar-refractivity contribution in [3.63, 3.8) is 0 Å². The second-order valence-corrected chi connectivity index (χ2v) is 8.07. The number of para-hydroxylation sites is 2. The average molecular weight is 443 g/mol. The molecule has 0 bridgehead atoms. The molecule has 0 spiro atoms. The van der Waals surface area contributed by atoms with Gasteiger partial charge in [0.2, 0.25) is 0 Å². The first kappa shape index (κ1) is 24.1. The van der Waals surface area contributed by atoms with Crippen LogP contribution in [-0.4, -0.2) is 51.2 Å². The Morgan fingerprint density at radius 2 is 1.41 bits per heavy atom. The van der Waals surface area contributed by atoms with Gasteiger partial charge in [0, 0.05) is 0 Å². The molecule has 0 aliphatic carbocycles. The summed E-state index contributed by atoms with van der Waals surface area (Å²) in [5.74, 6) is 1.38. The first-order chi connectivity index (χ1) is 15.6. The largest absolute Gasteiger partial charge is 0.491 e. The number of carbonyl (C=O) groups excluding carboxylic acids is 1. The van der Waals surface area contributed by atoms with Crippen molar-refractivity contribution in [1.29, 1.82) is 0 Å². The zero-order valence-corrected chi connectivity index (χ0v) is 19.1. The van der Waals surface area contributed by atoms with Crippen molar-refractivity contribution in [2.24, 2.45) is 0 Å². The predicted octanol–water partition coefficient (Wildman–Crippen LogP) is 4.38. The number of esters is 1. The molecule has 3 rings (SSSR count). The SMILES string of the molecule is CCOC(=O)COC1(C)CCc2ccccc2OCCOCCOc2ccccc2CC1. The molecule has 32 heavy (non-hydrogen) atoms. The maximum Gasteiger partial charge on any atom is 0.332 e. The number of fused-ring (bicyclic) bond motifs is 2. The third-order valence-corrected chi connectivity index (χ3v) is 5.61. The highest BCUT2D eigenvalue weighted by atomic mass is 16.6. The molecule has 174 valence electrons. The normalized spacial score (nSPS) is 17.2. The van der Waals surface area contributed by atoms with E-state index in [0.717, 1.165) is 48.3 Å². The molecule has 6 heteroatoms. The van der Waals surface area contributed by atoms with Gasteiger partial charge in [0.05, 0.1) is 25.4 Å². The summed E-state index contributed by atoms with van der Waals surface area (Å²) in [6.45, 7) is 6.10. The number of aryl methyl sites for hydroxylation is 2. The van der Waals surface area contributed by atoms with Crippen LogP contribution in [0.1, 0.15) is 37.8 Å². The fourth-order valence-electron chi connectivity index (χ4n) is 3.73. The van der Waals surface area contributed by atoms with Crippen LogP contribution in [0.2, 0.25) is 0 Å². The summed E-state index contributed by atoms with van der Waals surface area (Å²) >= 11 is 0. The van der Waals surface area contributed by atoms with Crippen LogP contribution < -0.4 is 9.47 Å².